The van der Waals surface area contributed by atoms with E-state index in [1.54, 1.807) is 6.07 Å². The molecule has 0 unspecified atom stereocenters. The van der Waals surface area contributed by atoms with Crippen molar-refractivity contribution in [1.29, 1.82) is 0 Å². The lowest BCUT2D eigenvalue weighted by atomic mass is 10.1. The summed E-state index contributed by atoms with van der Waals surface area (Å²) in [4.78, 5) is 10.9. The summed E-state index contributed by atoms with van der Waals surface area (Å²) in [6, 6.07) is 3.60. The molecule has 2 nitrogen and oxygen atoms in total. The van der Waals surface area contributed by atoms with Crippen LogP contribution in [0.2, 0.25) is 5.02 Å². The summed E-state index contributed by atoms with van der Waals surface area (Å²) in [7, 11) is 0. The average Bonchev–Trinajstić information content (AvgIpc) is 1.96. The van der Waals surface area contributed by atoms with Gasteiger partial charge in [-0.1, -0.05) is 17.7 Å². The number of hydrogen-bond donors (Lipinski definition) is 1. The van der Waals surface area contributed by atoms with E-state index in [4.69, 9.17) is 17.3 Å². The zero-order valence-electron chi connectivity index (χ0n) is 7.02. The summed E-state index contributed by atoms with van der Waals surface area (Å²) in [6.45, 7) is 3.75. The zero-order valence-corrected chi connectivity index (χ0v) is 7.77. The van der Waals surface area contributed by atoms with E-state index in [0.29, 0.717) is 10.6 Å². The Balaban J connectivity index is 3.37. The molecule has 0 aliphatic carbocycles. The average molecular weight is 184 g/mol. The van der Waals surface area contributed by atoms with Gasteiger partial charge in [0.2, 0.25) is 5.91 Å². The van der Waals surface area contributed by atoms with Crippen LogP contribution >= 0.6 is 11.6 Å². The molecule has 0 spiro atoms. The summed E-state index contributed by atoms with van der Waals surface area (Å²) in [5.74, 6) is -0.480. The van der Waals surface area contributed by atoms with Gasteiger partial charge >= 0.3 is 0 Å². The fraction of sp³-hybridized carbons (Fsp3) is 0.222. The molecule has 1 rings (SSSR count). The van der Waals surface area contributed by atoms with Gasteiger partial charge in [0.15, 0.2) is 0 Å². The van der Waals surface area contributed by atoms with E-state index < -0.39 is 5.91 Å². The first-order valence-corrected chi connectivity index (χ1v) is 3.96. The molecular formula is C9H10ClNO. The van der Waals surface area contributed by atoms with Crippen molar-refractivity contribution in [3.05, 3.63) is 33.8 Å². The quantitative estimate of drug-likeness (QED) is 0.712. The fourth-order valence-electron chi connectivity index (χ4n) is 1.13. The van der Waals surface area contributed by atoms with Crippen LogP contribution in [0.3, 0.4) is 0 Å². The number of hydrogen-bond acceptors (Lipinski definition) is 1. The molecule has 0 aliphatic rings. The highest BCUT2D eigenvalue weighted by Gasteiger charge is 2.08. The number of benzene rings is 1. The minimum absolute atomic E-state index is 0.397. The Morgan fingerprint density at radius 3 is 2.50 bits per heavy atom. The third-order valence-electron chi connectivity index (χ3n) is 1.66. The van der Waals surface area contributed by atoms with Gasteiger partial charge in [0.05, 0.1) is 10.6 Å². The molecule has 1 aromatic rings. The number of rotatable bonds is 1. The zero-order chi connectivity index (χ0) is 9.30. The van der Waals surface area contributed by atoms with Gasteiger partial charge in [0, 0.05) is 0 Å². The molecule has 0 bridgehead atoms. The van der Waals surface area contributed by atoms with Crippen molar-refractivity contribution in [3.8, 4) is 0 Å². The van der Waals surface area contributed by atoms with Crippen LogP contribution in [0.4, 0.5) is 0 Å². The number of carbonyl (C=O) groups is 1. The second-order valence-electron chi connectivity index (χ2n) is 2.81. The van der Waals surface area contributed by atoms with Gasteiger partial charge in [-0.05, 0) is 31.0 Å². The monoisotopic (exact) mass is 183 g/mol. The molecule has 64 valence electrons. The highest BCUT2D eigenvalue weighted by Crippen LogP contribution is 2.21. The van der Waals surface area contributed by atoms with Crippen LogP contribution in [-0.2, 0) is 0 Å². The van der Waals surface area contributed by atoms with E-state index in [2.05, 4.69) is 0 Å². The lowest BCUT2D eigenvalue weighted by Crippen LogP contribution is -2.12. The molecule has 0 saturated carbocycles. The van der Waals surface area contributed by atoms with E-state index in [1.807, 2.05) is 19.9 Å². The highest BCUT2D eigenvalue weighted by molar-refractivity contribution is 6.34. The Bertz CT molecular complexity index is 334. The molecule has 0 radical (unpaired) electrons. The SMILES string of the molecule is Cc1cc(C)c(Cl)c(C(N)=O)c1. The number of carbonyl (C=O) groups excluding carboxylic acids is 1. The molecule has 1 amide bonds. The standard InChI is InChI=1S/C9H10ClNO/c1-5-3-6(2)8(10)7(4-5)9(11)12/h3-4H,1-2H3,(H2,11,12). The predicted molar refractivity (Wildman–Crippen MR) is 49.4 cm³/mol. The molecule has 0 aromatic heterocycles. The van der Waals surface area contributed by atoms with E-state index in [9.17, 15) is 4.79 Å². The van der Waals surface area contributed by atoms with Crippen LogP contribution in [-0.4, -0.2) is 5.91 Å². The molecule has 12 heavy (non-hydrogen) atoms. The first-order chi connectivity index (χ1) is 5.52. The Morgan fingerprint density at radius 1 is 1.42 bits per heavy atom. The Labute approximate surface area is 76.3 Å². The first kappa shape index (κ1) is 9.07. The number of halogens is 1. The van der Waals surface area contributed by atoms with Crippen LogP contribution in [0.25, 0.3) is 0 Å². The number of amides is 1. The molecule has 2 N–H and O–H groups in total. The topological polar surface area (TPSA) is 43.1 Å². The molecule has 0 fully saturated rings. The lowest BCUT2D eigenvalue weighted by molar-refractivity contribution is 0.100. The minimum Gasteiger partial charge on any atom is -0.366 e. The molecule has 0 saturated heterocycles. The second-order valence-corrected chi connectivity index (χ2v) is 3.19. The normalized spacial score (nSPS) is 9.92. The maximum Gasteiger partial charge on any atom is 0.250 e. The van der Waals surface area contributed by atoms with Gasteiger partial charge < -0.3 is 5.73 Å². The van der Waals surface area contributed by atoms with Gasteiger partial charge in [0.25, 0.3) is 0 Å². The molecule has 3 heteroatoms. The van der Waals surface area contributed by atoms with Gasteiger partial charge in [-0.25, -0.2) is 0 Å². The van der Waals surface area contributed by atoms with E-state index in [0.717, 1.165) is 11.1 Å². The van der Waals surface area contributed by atoms with Crippen molar-refractivity contribution in [2.75, 3.05) is 0 Å². The maximum atomic E-state index is 10.9. The largest absolute Gasteiger partial charge is 0.366 e. The van der Waals surface area contributed by atoms with Crippen molar-refractivity contribution in [3.63, 3.8) is 0 Å². The molecular weight excluding hydrogens is 174 g/mol. The third kappa shape index (κ3) is 1.59. The Morgan fingerprint density at radius 2 is 2.00 bits per heavy atom. The Kier molecular flexibility index (Phi) is 2.38. The van der Waals surface area contributed by atoms with Gasteiger partial charge in [0.1, 0.15) is 0 Å². The summed E-state index contributed by atoms with van der Waals surface area (Å²) >= 11 is 5.86. The van der Waals surface area contributed by atoms with Crippen molar-refractivity contribution in [2.24, 2.45) is 5.73 Å². The summed E-state index contributed by atoms with van der Waals surface area (Å²) in [5.41, 5.74) is 7.40. The number of primary amides is 1. The molecule has 0 atom stereocenters. The van der Waals surface area contributed by atoms with E-state index in [1.165, 1.54) is 0 Å². The van der Waals surface area contributed by atoms with E-state index >= 15 is 0 Å². The number of nitrogens with two attached hydrogens (primary N) is 1. The summed E-state index contributed by atoms with van der Waals surface area (Å²) < 4.78 is 0. The Hall–Kier alpha value is -1.02. The summed E-state index contributed by atoms with van der Waals surface area (Å²) in [5, 5.41) is 0.452. The minimum atomic E-state index is -0.480. The molecule has 1 aromatic carbocycles. The maximum absolute atomic E-state index is 10.9. The van der Waals surface area contributed by atoms with Gasteiger partial charge in [-0.2, -0.15) is 0 Å². The van der Waals surface area contributed by atoms with Crippen LogP contribution in [0, 0.1) is 13.8 Å². The van der Waals surface area contributed by atoms with E-state index in [-0.39, 0.29) is 0 Å². The molecule has 0 heterocycles. The van der Waals surface area contributed by atoms with Gasteiger partial charge in [-0.3, -0.25) is 4.79 Å². The van der Waals surface area contributed by atoms with Crippen molar-refractivity contribution >= 4 is 17.5 Å². The molecule has 0 aliphatic heterocycles. The summed E-state index contributed by atoms with van der Waals surface area (Å²) in [6.07, 6.45) is 0. The first-order valence-electron chi connectivity index (χ1n) is 3.59. The van der Waals surface area contributed by atoms with Crippen molar-refractivity contribution in [1.82, 2.24) is 0 Å². The smallest absolute Gasteiger partial charge is 0.250 e. The van der Waals surface area contributed by atoms with Crippen molar-refractivity contribution in [2.45, 2.75) is 13.8 Å². The predicted octanol–water partition coefficient (Wildman–Crippen LogP) is 2.06. The second kappa shape index (κ2) is 3.15. The number of aryl methyl sites for hydroxylation is 2. The van der Waals surface area contributed by atoms with Gasteiger partial charge in [-0.15, -0.1) is 0 Å². The lowest BCUT2D eigenvalue weighted by Gasteiger charge is -2.04. The van der Waals surface area contributed by atoms with Crippen LogP contribution < -0.4 is 5.73 Å². The fourth-order valence-corrected chi connectivity index (χ4v) is 1.33. The van der Waals surface area contributed by atoms with Crippen molar-refractivity contribution < 1.29 is 4.79 Å². The van der Waals surface area contributed by atoms with Crippen LogP contribution in [0.1, 0.15) is 21.5 Å². The van der Waals surface area contributed by atoms with Crippen LogP contribution in [0.5, 0.6) is 0 Å². The van der Waals surface area contributed by atoms with Crippen LogP contribution in [0.15, 0.2) is 12.1 Å². The highest BCUT2D eigenvalue weighted by atomic mass is 35.5. The third-order valence-corrected chi connectivity index (χ3v) is 2.17.